The molecule has 5 rings (SSSR count). The maximum absolute atomic E-state index is 12.4. The number of rotatable bonds is 9. The van der Waals surface area contributed by atoms with E-state index < -0.39 is 5.97 Å². The molecule has 0 bridgehead atoms. The fraction of sp³-hybridized carbons (Fsp3) is 0.429. The molecule has 0 unspecified atom stereocenters. The molecule has 1 aromatic heterocycles. The smallest absolute Gasteiger partial charge is 0.352 e. The number of carboxylic acid groups (broad SMARTS) is 1. The second-order valence-corrected chi connectivity index (χ2v) is 9.24. The highest BCUT2D eigenvalue weighted by molar-refractivity contribution is 7.99. The van der Waals surface area contributed by atoms with Crippen molar-refractivity contribution < 1.29 is 19.5 Å². The third-order valence-corrected chi connectivity index (χ3v) is 7.30. The van der Waals surface area contributed by atoms with Crippen molar-refractivity contribution in [2.45, 2.75) is 36.6 Å². The molecule has 3 aliphatic heterocycles. The monoisotopic (exact) mass is 469 g/mol. The molecule has 0 saturated carbocycles. The molecule has 2 amide bonds. The van der Waals surface area contributed by atoms with Gasteiger partial charge in [0, 0.05) is 18.8 Å². The van der Waals surface area contributed by atoms with Crippen LogP contribution in [0.1, 0.15) is 12.0 Å². The lowest BCUT2D eigenvalue weighted by Crippen LogP contribution is -2.68. The van der Waals surface area contributed by atoms with Gasteiger partial charge >= 0.3 is 5.97 Å². The third-order valence-electron chi connectivity index (χ3n) is 6.26. The summed E-state index contributed by atoms with van der Waals surface area (Å²) in [6.45, 7) is 1.17. The van der Waals surface area contributed by atoms with Gasteiger partial charge in [-0.2, -0.15) is 0 Å². The summed E-state index contributed by atoms with van der Waals surface area (Å²) in [6.07, 6.45) is 1.33. The van der Waals surface area contributed by atoms with Crippen molar-refractivity contribution in [3.8, 4) is 0 Å². The SMILES string of the molecule is O=C(Cn1nnnc1SCC1=C(C(=O)O)N2C(=O)[C@H]3NC[C@@H](C1)[C@H]32)NCCc1ccccc1. The summed E-state index contributed by atoms with van der Waals surface area (Å²) in [6, 6.07) is 9.55. The number of carbonyl (C=O) groups is 3. The van der Waals surface area contributed by atoms with E-state index in [1.807, 2.05) is 30.3 Å². The molecule has 1 aromatic carbocycles. The van der Waals surface area contributed by atoms with Crippen LogP contribution in [0.2, 0.25) is 0 Å². The Bertz CT molecular complexity index is 1120. The Kier molecular flexibility index (Phi) is 5.85. The van der Waals surface area contributed by atoms with E-state index in [4.69, 9.17) is 0 Å². The average molecular weight is 470 g/mol. The summed E-state index contributed by atoms with van der Waals surface area (Å²) in [4.78, 5) is 38.1. The summed E-state index contributed by atoms with van der Waals surface area (Å²) < 4.78 is 1.40. The fourth-order valence-electron chi connectivity index (χ4n) is 4.75. The van der Waals surface area contributed by atoms with Gasteiger partial charge < -0.3 is 15.7 Å². The van der Waals surface area contributed by atoms with Gasteiger partial charge in [0.1, 0.15) is 18.3 Å². The predicted octanol–water partition coefficient (Wildman–Crippen LogP) is -0.335. The molecule has 12 heteroatoms. The standard InChI is InChI=1S/C21H23N7O4S/c29-15(22-7-6-12-4-2-1-3-5-12)10-27-21(24-25-26-27)33-11-14-8-13-9-23-16-17(13)28(19(16)30)18(14)20(31)32/h1-5,13,16-17,23H,6-11H2,(H,22,29)(H,31,32)/t13-,16+,17-/m1/s1. The highest BCUT2D eigenvalue weighted by Gasteiger charge is 2.59. The van der Waals surface area contributed by atoms with Crippen LogP contribution in [0.4, 0.5) is 0 Å². The van der Waals surface area contributed by atoms with Gasteiger partial charge in [0.15, 0.2) is 0 Å². The number of aliphatic carboxylic acids is 1. The molecule has 3 N–H and O–H groups in total. The van der Waals surface area contributed by atoms with Crippen LogP contribution in [0.5, 0.6) is 0 Å². The molecule has 2 aromatic rings. The number of amides is 2. The van der Waals surface area contributed by atoms with Gasteiger partial charge in [-0.3, -0.25) is 14.5 Å². The van der Waals surface area contributed by atoms with Crippen LogP contribution in [0, 0.1) is 5.92 Å². The van der Waals surface area contributed by atoms with Crippen molar-refractivity contribution in [1.29, 1.82) is 0 Å². The second-order valence-electron chi connectivity index (χ2n) is 8.30. The average Bonchev–Trinajstić information content (AvgIpc) is 3.42. The molecule has 0 spiro atoms. The lowest BCUT2D eigenvalue weighted by atomic mass is 9.80. The van der Waals surface area contributed by atoms with Crippen LogP contribution in [-0.4, -0.2) is 78.9 Å². The summed E-state index contributed by atoms with van der Waals surface area (Å²) >= 11 is 1.27. The van der Waals surface area contributed by atoms with E-state index in [0.29, 0.717) is 36.0 Å². The number of tetrazole rings is 1. The molecule has 2 fully saturated rings. The zero-order chi connectivity index (χ0) is 22.9. The highest BCUT2D eigenvalue weighted by atomic mass is 32.2. The Morgan fingerprint density at radius 1 is 1.27 bits per heavy atom. The van der Waals surface area contributed by atoms with E-state index in [1.165, 1.54) is 21.3 Å². The number of β-lactam (4-membered cyclic amide) rings is 1. The highest BCUT2D eigenvalue weighted by Crippen LogP contribution is 2.44. The van der Waals surface area contributed by atoms with Crippen LogP contribution in [0.25, 0.3) is 0 Å². The summed E-state index contributed by atoms with van der Waals surface area (Å²) in [5.74, 6) is -0.952. The molecule has 172 valence electrons. The number of nitrogens with zero attached hydrogens (tertiary/aromatic N) is 5. The van der Waals surface area contributed by atoms with E-state index >= 15 is 0 Å². The van der Waals surface area contributed by atoms with E-state index in [-0.39, 0.29) is 42.1 Å². The quantitative estimate of drug-likeness (QED) is 0.332. The molecule has 2 saturated heterocycles. The Morgan fingerprint density at radius 3 is 2.88 bits per heavy atom. The van der Waals surface area contributed by atoms with Crippen LogP contribution in [0.15, 0.2) is 46.8 Å². The lowest BCUT2D eigenvalue weighted by molar-refractivity contribution is -0.153. The number of thioether (sulfide) groups is 1. The first-order chi connectivity index (χ1) is 16.0. The van der Waals surface area contributed by atoms with Crippen molar-refractivity contribution in [1.82, 2.24) is 35.7 Å². The number of aromatic nitrogens is 4. The van der Waals surface area contributed by atoms with Gasteiger partial charge in [0.2, 0.25) is 17.0 Å². The summed E-state index contributed by atoms with van der Waals surface area (Å²) in [5.41, 5.74) is 1.90. The number of hydrogen-bond donors (Lipinski definition) is 3. The van der Waals surface area contributed by atoms with E-state index in [9.17, 15) is 19.5 Å². The van der Waals surface area contributed by atoms with Crippen LogP contribution < -0.4 is 10.6 Å². The number of carbonyl (C=O) groups excluding carboxylic acids is 2. The minimum Gasteiger partial charge on any atom is -0.477 e. The van der Waals surface area contributed by atoms with Crippen molar-refractivity contribution >= 4 is 29.5 Å². The zero-order valence-corrected chi connectivity index (χ0v) is 18.5. The lowest BCUT2D eigenvalue weighted by Gasteiger charge is -2.48. The predicted molar refractivity (Wildman–Crippen MR) is 117 cm³/mol. The molecule has 33 heavy (non-hydrogen) atoms. The van der Waals surface area contributed by atoms with Gasteiger partial charge in [-0.05, 0) is 40.3 Å². The minimum absolute atomic E-state index is 0.0319. The molecule has 3 atom stereocenters. The van der Waals surface area contributed by atoms with Gasteiger partial charge in [0.25, 0.3) is 0 Å². The molecule has 0 aliphatic carbocycles. The Morgan fingerprint density at radius 2 is 2.09 bits per heavy atom. The number of nitrogens with one attached hydrogen (secondary N) is 2. The molecule has 4 heterocycles. The summed E-state index contributed by atoms with van der Waals surface area (Å²) in [5, 5.41) is 27.8. The van der Waals surface area contributed by atoms with E-state index in [1.54, 1.807) is 0 Å². The van der Waals surface area contributed by atoms with Crippen molar-refractivity contribution in [2.24, 2.45) is 5.92 Å². The first-order valence-electron chi connectivity index (χ1n) is 10.7. The maximum Gasteiger partial charge on any atom is 0.352 e. The van der Waals surface area contributed by atoms with Crippen LogP contribution in [0.3, 0.4) is 0 Å². The molecule has 0 radical (unpaired) electrons. The second kappa shape index (κ2) is 8.94. The Labute approximate surface area is 193 Å². The Hall–Kier alpha value is -3.25. The van der Waals surface area contributed by atoms with Gasteiger partial charge in [0.05, 0.1) is 6.04 Å². The summed E-state index contributed by atoms with van der Waals surface area (Å²) in [7, 11) is 0. The minimum atomic E-state index is -1.10. The van der Waals surface area contributed by atoms with Crippen molar-refractivity contribution in [3.63, 3.8) is 0 Å². The first kappa shape index (κ1) is 21.6. The van der Waals surface area contributed by atoms with Gasteiger partial charge in [-0.15, -0.1) is 5.10 Å². The van der Waals surface area contributed by atoms with Crippen molar-refractivity contribution in [2.75, 3.05) is 18.8 Å². The van der Waals surface area contributed by atoms with Gasteiger partial charge in [-0.25, -0.2) is 9.48 Å². The van der Waals surface area contributed by atoms with Crippen LogP contribution >= 0.6 is 11.8 Å². The number of benzene rings is 1. The Balaban J connectivity index is 1.20. The first-order valence-corrected chi connectivity index (χ1v) is 11.7. The molecule has 11 nitrogen and oxygen atoms in total. The van der Waals surface area contributed by atoms with Crippen LogP contribution in [-0.2, 0) is 27.3 Å². The van der Waals surface area contributed by atoms with E-state index in [2.05, 4.69) is 26.2 Å². The third kappa shape index (κ3) is 4.11. The number of carboxylic acids is 1. The molecule has 3 aliphatic rings. The number of hydrogen-bond acceptors (Lipinski definition) is 8. The zero-order valence-electron chi connectivity index (χ0n) is 17.7. The fourth-order valence-corrected chi connectivity index (χ4v) is 5.65. The normalized spacial score (nSPS) is 23.3. The van der Waals surface area contributed by atoms with Gasteiger partial charge in [-0.1, -0.05) is 42.1 Å². The molecular weight excluding hydrogens is 446 g/mol. The molecular formula is C21H23N7O4S. The van der Waals surface area contributed by atoms with Crippen molar-refractivity contribution in [3.05, 3.63) is 47.2 Å². The maximum atomic E-state index is 12.4. The van der Waals surface area contributed by atoms with E-state index in [0.717, 1.165) is 12.0 Å². The topological polar surface area (TPSA) is 142 Å². The largest absolute Gasteiger partial charge is 0.477 e.